The Morgan fingerprint density at radius 2 is 2.10 bits per heavy atom. The highest BCUT2D eigenvalue weighted by Gasteiger charge is 2.38. The fourth-order valence-corrected chi connectivity index (χ4v) is 3.41. The first-order valence-corrected chi connectivity index (χ1v) is 10.1. The standard InChI is InChI=1S/C22H30N2O5/c1-22(2,3)29-21(26)24-9-8-17(24)14-28-18-10-16(12-23-13-18)19-11-15(19)6-5-7-20(25)27-4/h5,7,10,12-13,15,17,19H,6,8-9,11,14H2,1-4H3. The van der Waals surface area contributed by atoms with E-state index in [9.17, 15) is 9.59 Å². The van der Waals surface area contributed by atoms with Crippen LogP contribution in [0, 0.1) is 5.92 Å². The summed E-state index contributed by atoms with van der Waals surface area (Å²) >= 11 is 0. The van der Waals surface area contributed by atoms with Crippen LogP contribution in [0.3, 0.4) is 0 Å². The minimum atomic E-state index is -0.497. The molecule has 3 rings (SSSR count). The van der Waals surface area contributed by atoms with Crippen LogP contribution in [0.15, 0.2) is 30.6 Å². The highest BCUT2D eigenvalue weighted by Crippen LogP contribution is 2.50. The number of hydrogen-bond donors (Lipinski definition) is 0. The number of rotatable bonds is 7. The Morgan fingerprint density at radius 3 is 2.76 bits per heavy atom. The maximum absolute atomic E-state index is 12.2. The van der Waals surface area contributed by atoms with Crippen LogP contribution in [0.2, 0.25) is 0 Å². The third-order valence-corrected chi connectivity index (χ3v) is 5.19. The predicted molar refractivity (Wildman–Crippen MR) is 108 cm³/mol. The van der Waals surface area contributed by atoms with E-state index < -0.39 is 5.60 Å². The molecule has 7 heteroatoms. The van der Waals surface area contributed by atoms with E-state index in [0.29, 0.717) is 30.7 Å². The zero-order valence-electron chi connectivity index (χ0n) is 17.6. The first kappa shape index (κ1) is 21.1. The molecule has 29 heavy (non-hydrogen) atoms. The second-order valence-electron chi connectivity index (χ2n) is 8.64. The SMILES string of the molecule is COC(=O)C=CCC1CC1c1cncc(OCC2CCN2C(=O)OC(C)(C)C)c1. The number of pyridine rings is 1. The highest BCUT2D eigenvalue weighted by molar-refractivity contribution is 5.81. The molecular formula is C22H30N2O5. The summed E-state index contributed by atoms with van der Waals surface area (Å²) in [5, 5.41) is 0. The molecule has 1 saturated heterocycles. The number of methoxy groups -OCH3 is 1. The lowest BCUT2D eigenvalue weighted by atomic mass is 10.1. The summed E-state index contributed by atoms with van der Waals surface area (Å²) in [7, 11) is 1.38. The van der Waals surface area contributed by atoms with Gasteiger partial charge in [-0.3, -0.25) is 4.98 Å². The molecule has 7 nitrogen and oxygen atoms in total. The average molecular weight is 402 g/mol. The Labute approximate surface area is 172 Å². The van der Waals surface area contributed by atoms with Crippen LogP contribution in [0.4, 0.5) is 4.79 Å². The summed E-state index contributed by atoms with van der Waals surface area (Å²) in [4.78, 5) is 29.4. The minimum Gasteiger partial charge on any atom is -0.490 e. The summed E-state index contributed by atoms with van der Waals surface area (Å²) in [5.41, 5.74) is 0.653. The number of carbonyl (C=O) groups excluding carboxylic acids is 2. The lowest BCUT2D eigenvalue weighted by molar-refractivity contribution is -0.134. The van der Waals surface area contributed by atoms with Gasteiger partial charge < -0.3 is 19.1 Å². The summed E-state index contributed by atoms with van der Waals surface area (Å²) in [6.45, 7) is 6.72. The van der Waals surface area contributed by atoms with E-state index in [1.54, 1.807) is 11.1 Å². The van der Waals surface area contributed by atoms with Gasteiger partial charge in [-0.1, -0.05) is 6.08 Å². The molecule has 1 aromatic heterocycles. The largest absolute Gasteiger partial charge is 0.490 e. The van der Waals surface area contributed by atoms with Gasteiger partial charge in [0.25, 0.3) is 0 Å². The molecule has 1 aliphatic heterocycles. The zero-order valence-corrected chi connectivity index (χ0v) is 17.6. The molecule has 0 aromatic carbocycles. The normalized spacial score (nSPS) is 23.4. The van der Waals surface area contributed by atoms with Crippen LogP contribution in [0.25, 0.3) is 0 Å². The number of carbonyl (C=O) groups is 2. The maximum Gasteiger partial charge on any atom is 0.410 e. The molecule has 2 heterocycles. The van der Waals surface area contributed by atoms with E-state index in [1.165, 1.54) is 13.2 Å². The van der Waals surface area contributed by atoms with E-state index in [2.05, 4.69) is 9.72 Å². The zero-order chi connectivity index (χ0) is 21.0. The molecule has 1 amide bonds. The number of nitrogens with zero attached hydrogens (tertiary/aromatic N) is 2. The molecule has 0 radical (unpaired) electrons. The van der Waals surface area contributed by atoms with Crippen molar-refractivity contribution < 1.29 is 23.8 Å². The van der Waals surface area contributed by atoms with E-state index >= 15 is 0 Å². The maximum atomic E-state index is 12.2. The van der Waals surface area contributed by atoms with Crippen molar-refractivity contribution >= 4 is 12.1 Å². The van der Waals surface area contributed by atoms with Gasteiger partial charge in [0.05, 0.1) is 19.3 Å². The molecule has 2 fully saturated rings. The van der Waals surface area contributed by atoms with Gasteiger partial charge in [0.1, 0.15) is 18.0 Å². The molecule has 0 bridgehead atoms. The van der Waals surface area contributed by atoms with Gasteiger partial charge in [0.15, 0.2) is 0 Å². The summed E-state index contributed by atoms with van der Waals surface area (Å²) < 4.78 is 15.9. The topological polar surface area (TPSA) is 78.0 Å². The number of ether oxygens (including phenoxy) is 3. The lowest BCUT2D eigenvalue weighted by Crippen LogP contribution is -2.55. The fraction of sp³-hybridized carbons (Fsp3) is 0.591. The first-order chi connectivity index (χ1) is 13.8. The lowest BCUT2D eigenvalue weighted by Gasteiger charge is -2.40. The van der Waals surface area contributed by atoms with Crippen molar-refractivity contribution in [3.05, 3.63) is 36.2 Å². The van der Waals surface area contributed by atoms with Crippen molar-refractivity contribution in [1.29, 1.82) is 0 Å². The predicted octanol–water partition coefficient (Wildman–Crippen LogP) is 3.69. The molecule has 1 saturated carbocycles. The number of esters is 1. The average Bonchev–Trinajstić information content (AvgIpc) is 3.39. The van der Waals surface area contributed by atoms with E-state index in [-0.39, 0.29) is 18.1 Å². The van der Waals surface area contributed by atoms with Gasteiger partial charge in [-0.15, -0.1) is 0 Å². The van der Waals surface area contributed by atoms with Crippen LogP contribution in [0.5, 0.6) is 5.75 Å². The van der Waals surface area contributed by atoms with Crippen LogP contribution in [0.1, 0.15) is 51.5 Å². The third-order valence-electron chi connectivity index (χ3n) is 5.19. The van der Waals surface area contributed by atoms with Crippen LogP contribution in [-0.4, -0.2) is 53.9 Å². The second kappa shape index (κ2) is 8.84. The van der Waals surface area contributed by atoms with Gasteiger partial charge in [-0.2, -0.15) is 0 Å². The van der Waals surface area contributed by atoms with Gasteiger partial charge in [0, 0.05) is 18.8 Å². The summed E-state index contributed by atoms with van der Waals surface area (Å²) in [6, 6.07) is 2.06. The molecular weight excluding hydrogens is 372 g/mol. The molecule has 0 spiro atoms. The van der Waals surface area contributed by atoms with Gasteiger partial charge in [0.2, 0.25) is 0 Å². The monoisotopic (exact) mass is 402 g/mol. The Kier molecular flexibility index (Phi) is 6.45. The second-order valence-corrected chi connectivity index (χ2v) is 8.64. The Morgan fingerprint density at radius 1 is 1.31 bits per heavy atom. The molecule has 0 N–H and O–H groups in total. The minimum absolute atomic E-state index is 0.0330. The number of hydrogen-bond acceptors (Lipinski definition) is 6. The summed E-state index contributed by atoms with van der Waals surface area (Å²) in [6.07, 6.45) is 9.46. The van der Waals surface area contributed by atoms with Crippen molar-refractivity contribution in [2.45, 2.75) is 57.6 Å². The van der Waals surface area contributed by atoms with Gasteiger partial charge >= 0.3 is 12.1 Å². The first-order valence-electron chi connectivity index (χ1n) is 10.1. The molecule has 3 unspecified atom stereocenters. The van der Waals surface area contributed by atoms with Crippen molar-refractivity contribution in [1.82, 2.24) is 9.88 Å². The van der Waals surface area contributed by atoms with E-state index in [1.807, 2.05) is 39.1 Å². The summed E-state index contributed by atoms with van der Waals surface area (Å²) in [5.74, 6) is 1.35. The van der Waals surface area contributed by atoms with E-state index in [0.717, 1.165) is 24.8 Å². The van der Waals surface area contributed by atoms with Crippen LogP contribution < -0.4 is 4.74 Å². The number of likely N-dealkylation sites (tertiary alicyclic amines) is 1. The van der Waals surface area contributed by atoms with Crippen molar-refractivity contribution in [3.8, 4) is 5.75 Å². The molecule has 158 valence electrons. The molecule has 2 aliphatic rings. The third kappa shape index (κ3) is 5.95. The van der Waals surface area contributed by atoms with E-state index in [4.69, 9.17) is 9.47 Å². The molecule has 3 atom stereocenters. The Hall–Kier alpha value is -2.57. The smallest absolute Gasteiger partial charge is 0.410 e. The van der Waals surface area contributed by atoms with Gasteiger partial charge in [-0.25, -0.2) is 9.59 Å². The number of amides is 1. The Bertz CT molecular complexity index is 771. The molecule has 1 aromatic rings. The molecule has 1 aliphatic carbocycles. The van der Waals surface area contributed by atoms with Crippen LogP contribution >= 0.6 is 0 Å². The quantitative estimate of drug-likeness (QED) is 0.511. The number of allylic oxidation sites excluding steroid dienone is 1. The van der Waals surface area contributed by atoms with Gasteiger partial charge in [-0.05, 0) is 63.5 Å². The van der Waals surface area contributed by atoms with Crippen molar-refractivity contribution in [2.24, 2.45) is 5.92 Å². The van der Waals surface area contributed by atoms with Crippen molar-refractivity contribution in [3.63, 3.8) is 0 Å². The fourth-order valence-electron chi connectivity index (χ4n) is 3.41. The Balaban J connectivity index is 1.47. The highest BCUT2D eigenvalue weighted by atomic mass is 16.6. The van der Waals surface area contributed by atoms with Crippen molar-refractivity contribution in [2.75, 3.05) is 20.3 Å². The van der Waals surface area contributed by atoms with Crippen LogP contribution in [-0.2, 0) is 14.3 Å². The number of aromatic nitrogens is 1.